The van der Waals surface area contributed by atoms with Gasteiger partial charge >= 0.3 is 5.97 Å². The van der Waals surface area contributed by atoms with Crippen molar-refractivity contribution in [3.05, 3.63) is 0 Å². The number of carbonyl (C=O) groups excluding carboxylic acids is 2. The fraction of sp³-hybridized carbons (Fsp3) is 0.867. The molecule has 0 aliphatic carbocycles. The van der Waals surface area contributed by atoms with Crippen molar-refractivity contribution in [2.24, 2.45) is 11.8 Å². The molecular formula is C15H28O3. The third-order valence-electron chi connectivity index (χ3n) is 2.71. The second kappa shape index (κ2) is 7.55. The Morgan fingerprint density at radius 2 is 1.72 bits per heavy atom. The summed E-state index contributed by atoms with van der Waals surface area (Å²) < 4.78 is 5.29. The number of rotatable bonds is 7. The molecule has 0 aromatic rings. The quantitative estimate of drug-likeness (QED) is 0.651. The Kier molecular flexibility index (Phi) is 7.19. The van der Waals surface area contributed by atoms with E-state index in [0.29, 0.717) is 0 Å². The largest absolute Gasteiger partial charge is 0.460 e. The molecule has 106 valence electrons. The highest BCUT2D eigenvalue weighted by molar-refractivity contribution is 5.86. The van der Waals surface area contributed by atoms with Gasteiger partial charge in [0.25, 0.3) is 0 Å². The van der Waals surface area contributed by atoms with E-state index in [2.05, 4.69) is 6.92 Å². The maximum atomic E-state index is 12.0. The normalized spacial score (nSPS) is 13.5. The van der Waals surface area contributed by atoms with Crippen LogP contribution in [-0.2, 0) is 14.3 Å². The Balaban J connectivity index is 4.49. The van der Waals surface area contributed by atoms with Crippen LogP contribution in [0.2, 0.25) is 0 Å². The molecule has 0 bridgehead atoms. The number of hydrogen-bond acceptors (Lipinski definition) is 3. The molecule has 0 aromatic heterocycles. The number of ether oxygens (including phenoxy) is 1. The second-order valence-electron chi connectivity index (χ2n) is 6.19. The van der Waals surface area contributed by atoms with Crippen LogP contribution in [0.25, 0.3) is 0 Å². The lowest BCUT2D eigenvalue weighted by Crippen LogP contribution is -2.28. The van der Waals surface area contributed by atoms with E-state index in [4.69, 9.17) is 4.74 Å². The molecule has 0 fully saturated rings. The summed E-state index contributed by atoms with van der Waals surface area (Å²) in [5.41, 5.74) is -0.479. The first kappa shape index (κ1) is 17.1. The SMILES string of the molecule is CCCC[C@@H](CC(=O)OC(C)(C)C)C(=O)C(C)C. The number of Topliss-reactive ketones (excluding diaryl/α,β-unsaturated/α-hetero) is 1. The Bertz CT molecular complexity index is 274. The molecule has 1 atom stereocenters. The molecule has 0 amide bonds. The highest BCUT2D eigenvalue weighted by Crippen LogP contribution is 2.20. The van der Waals surface area contributed by atoms with Gasteiger partial charge in [0.2, 0.25) is 0 Å². The Hall–Kier alpha value is -0.860. The van der Waals surface area contributed by atoms with Crippen molar-refractivity contribution < 1.29 is 14.3 Å². The summed E-state index contributed by atoms with van der Waals surface area (Å²) >= 11 is 0. The number of esters is 1. The van der Waals surface area contributed by atoms with Crippen molar-refractivity contribution in [2.75, 3.05) is 0 Å². The zero-order chi connectivity index (χ0) is 14.3. The first-order valence-electron chi connectivity index (χ1n) is 6.93. The molecule has 0 unspecified atom stereocenters. The van der Waals surface area contributed by atoms with E-state index in [1.807, 2.05) is 34.6 Å². The van der Waals surface area contributed by atoms with Gasteiger partial charge in [-0.15, -0.1) is 0 Å². The molecule has 0 heterocycles. The molecular weight excluding hydrogens is 228 g/mol. The molecule has 0 aliphatic rings. The van der Waals surface area contributed by atoms with Gasteiger partial charge in [0.1, 0.15) is 11.4 Å². The fourth-order valence-corrected chi connectivity index (χ4v) is 1.85. The van der Waals surface area contributed by atoms with Crippen LogP contribution in [0.3, 0.4) is 0 Å². The smallest absolute Gasteiger partial charge is 0.307 e. The highest BCUT2D eigenvalue weighted by Gasteiger charge is 2.26. The molecule has 3 heteroatoms. The standard InChI is InChI=1S/C15H28O3/c1-7-8-9-12(14(17)11(2)3)10-13(16)18-15(4,5)6/h11-12H,7-10H2,1-6H3/t12-/m0/s1. The molecule has 0 aromatic carbocycles. The van der Waals surface area contributed by atoms with E-state index < -0.39 is 5.60 Å². The summed E-state index contributed by atoms with van der Waals surface area (Å²) in [6.07, 6.45) is 3.02. The molecule has 0 aliphatic heterocycles. The summed E-state index contributed by atoms with van der Waals surface area (Å²) in [7, 11) is 0. The number of unbranched alkanes of at least 4 members (excludes halogenated alkanes) is 1. The van der Waals surface area contributed by atoms with Crippen LogP contribution in [0.1, 0.15) is 67.2 Å². The van der Waals surface area contributed by atoms with Gasteiger partial charge in [0.05, 0.1) is 6.42 Å². The molecule has 3 nitrogen and oxygen atoms in total. The summed E-state index contributed by atoms with van der Waals surface area (Å²) in [5.74, 6) is -0.291. The van der Waals surface area contributed by atoms with Crippen molar-refractivity contribution in [3.8, 4) is 0 Å². The Morgan fingerprint density at radius 3 is 2.11 bits per heavy atom. The van der Waals surface area contributed by atoms with Gasteiger partial charge in [-0.05, 0) is 27.2 Å². The summed E-state index contributed by atoms with van der Waals surface area (Å²) in [6, 6.07) is 0. The molecule has 0 saturated heterocycles. The van der Waals surface area contributed by atoms with Gasteiger partial charge < -0.3 is 4.74 Å². The van der Waals surface area contributed by atoms with Gasteiger partial charge in [-0.25, -0.2) is 0 Å². The predicted octanol–water partition coefficient (Wildman–Crippen LogP) is 3.75. The molecule has 0 radical (unpaired) electrons. The van der Waals surface area contributed by atoms with Crippen molar-refractivity contribution in [1.82, 2.24) is 0 Å². The third-order valence-corrected chi connectivity index (χ3v) is 2.71. The average molecular weight is 256 g/mol. The Labute approximate surface area is 111 Å². The minimum atomic E-state index is -0.479. The number of ketones is 1. The Morgan fingerprint density at radius 1 is 1.17 bits per heavy atom. The number of hydrogen-bond donors (Lipinski definition) is 0. The van der Waals surface area contributed by atoms with Crippen molar-refractivity contribution in [2.45, 2.75) is 72.8 Å². The third kappa shape index (κ3) is 7.46. The van der Waals surface area contributed by atoms with E-state index >= 15 is 0 Å². The maximum Gasteiger partial charge on any atom is 0.307 e. The van der Waals surface area contributed by atoms with E-state index in [-0.39, 0.29) is 30.0 Å². The van der Waals surface area contributed by atoms with E-state index in [0.717, 1.165) is 19.3 Å². The topological polar surface area (TPSA) is 43.4 Å². The van der Waals surface area contributed by atoms with Gasteiger partial charge in [-0.1, -0.05) is 33.6 Å². The number of carbonyl (C=O) groups is 2. The van der Waals surface area contributed by atoms with Crippen LogP contribution in [0.5, 0.6) is 0 Å². The van der Waals surface area contributed by atoms with Crippen LogP contribution < -0.4 is 0 Å². The maximum absolute atomic E-state index is 12.0. The lowest BCUT2D eigenvalue weighted by Gasteiger charge is -2.22. The molecule has 0 rings (SSSR count). The molecule has 0 saturated carbocycles. The van der Waals surface area contributed by atoms with Gasteiger partial charge in [0.15, 0.2) is 0 Å². The van der Waals surface area contributed by atoms with Gasteiger partial charge in [-0.2, -0.15) is 0 Å². The second-order valence-corrected chi connectivity index (χ2v) is 6.19. The van der Waals surface area contributed by atoms with Crippen molar-refractivity contribution in [3.63, 3.8) is 0 Å². The monoisotopic (exact) mass is 256 g/mol. The minimum absolute atomic E-state index is 0.0192. The van der Waals surface area contributed by atoms with Gasteiger partial charge in [0, 0.05) is 11.8 Å². The van der Waals surface area contributed by atoms with Crippen LogP contribution in [0.4, 0.5) is 0 Å². The first-order valence-corrected chi connectivity index (χ1v) is 6.93. The zero-order valence-electron chi connectivity index (χ0n) is 12.7. The summed E-state index contributed by atoms with van der Waals surface area (Å²) in [4.78, 5) is 23.8. The highest BCUT2D eigenvalue weighted by atomic mass is 16.6. The van der Waals surface area contributed by atoms with Crippen LogP contribution in [0, 0.1) is 11.8 Å². The van der Waals surface area contributed by atoms with E-state index in [1.165, 1.54) is 0 Å². The minimum Gasteiger partial charge on any atom is -0.460 e. The predicted molar refractivity (Wildman–Crippen MR) is 73.3 cm³/mol. The van der Waals surface area contributed by atoms with Crippen molar-refractivity contribution in [1.29, 1.82) is 0 Å². The van der Waals surface area contributed by atoms with Crippen LogP contribution in [0.15, 0.2) is 0 Å². The average Bonchev–Trinajstić information content (AvgIpc) is 2.20. The lowest BCUT2D eigenvalue weighted by molar-refractivity contribution is -0.157. The van der Waals surface area contributed by atoms with Crippen LogP contribution in [-0.4, -0.2) is 17.4 Å². The fourth-order valence-electron chi connectivity index (χ4n) is 1.85. The van der Waals surface area contributed by atoms with Gasteiger partial charge in [-0.3, -0.25) is 9.59 Å². The summed E-state index contributed by atoms with van der Waals surface area (Å²) in [6.45, 7) is 11.4. The molecule has 0 N–H and O–H groups in total. The van der Waals surface area contributed by atoms with Crippen LogP contribution >= 0.6 is 0 Å². The molecule has 18 heavy (non-hydrogen) atoms. The van der Waals surface area contributed by atoms with E-state index in [1.54, 1.807) is 0 Å². The summed E-state index contributed by atoms with van der Waals surface area (Å²) in [5, 5.41) is 0. The first-order chi connectivity index (χ1) is 8.17. The lowest BCUT2D eigenvalue weighted by atomic mass is 9.88. The van der Waals surface area contributed by atoms with E-state index in [9.17, 15) is 9.59 Å². The zero-order valence-corrected chi connectivity index (χ0v) is 12.7. The molecule has 0 spiro atoms. The van der Waals surface area contributed by atoms with Crippen molar-refractivity contribution >= 4 is 11.8 Å².